The number of halogens is 3. The van der Waals surface area contributed by atoms with E-state index in [1.807, 2.05) is 0 Å². The predicted octanol–water partition coefficient (Wildman–Crippen LogP) is 4.12. The third-order valence-corrected chi connectivity index (χ3v) is 2.83. The third-order valence-electron chi connectivity index (χ3n) is 2.55. The van der Waals surface area contributed by atoms with Crippen molar-refractivity contribution in [3.8, 4) is 5.75 Å². The molecule has 0 N–H and O–H groups in total. The number of rotatable bonds is 6. The molecule has 118 valence electrons. The van der Waals surface area contributed by atoms with Gasteiger partial charge in [0.1, 0.15) is 5.75 Å². The molecular weight excluding hydrogens is 320 g/mol. The molecule has 0 atom stereocenters. The highest BCUT2D eigenvalue weighted by Crippen LogP contribution is 2.32. The molecule has 0 saturated carbocycles. The number of azide groups is 1. The molecular formula is C13H12ClF2N3O3. The molecule has 0 aliphatic rings. The van der Waals surface area contributed by atoms with Gasteiger partial charge in [-0.25, -0.2) is 4.79 Å². The second-order valence-corrected chi connectivity index (χ2v) is 4.48. The maximum Gasteiger partial charge on any atom is 0.387 e. The van der Waals surface area contributed by atoms with E-state index in [9.17, 15) is 13.6 Å². The van der Waals surface area contributed by atoms with Gasteiger partial charge in [-0.2, -0.15) is 8.78 Å². The number of carbonyl (C=O) groups is 1. The maximum absolute atomic E-state index is 12.3. The largest absolute Gasteiger partial charge is 0.466 e. The van der Waals surface area contributed by atoms with Crippen LogP contribution in [0.15, 0.2) is 22.8 Å². The number of alkyl halides is 2. The van der Waals surface area contributed by atoms with E-state index in [1.165, 1.54) is 32.2 Å². The van der Waals surface area contributed by atoms with E-state index in [1.54, 1.807) is 0 Å². The standard InChI is InChI=1S/C13H12ClF2N3O3/c1-7-3-8(5-10(14)11(7)22-13(15)16)4-9(6-18-19-17)12(20)21-2/h3-5,13H,6H2,1-2H3/b9-4-. The molecule has 6 nitrogen and oxygen atoms in total. The van der Waals surface area contributed by atoms with Gasteiger partial charge in [0.05, 0.1) is 18.7 Å². The topological polar surface area (TPSA) is 84.3 Å². The average Bonchev–Trinajstić information content (AvgIpc) is 2.46. The summed E-state index contributed by atoms with van der Waals surface area (Å²) in [5.74, 6) is -0.808. The van der Waals surface area contributed by atoms with E-state index in [-0.39, 0.29) is 22.9 Å². The van der Waals surface area contributed by atoms with E-state index in [0.29, 0.717) is 11.1 Å². The smallest absolute Gasteiger partial charge is 0.387 e. The van der Waals surface area contributed by atoms with Crippen LogP contribution in [0.25, 0.3) is 16.5 Å². The second-order valence-electron chi connectivity index (χ2n) is 4.08. The van der Waals surface area contributed by atoms with Crippen LogP contribution in [0.4, 0.5) is 8.78 Å². The van der Waals surface area contributed by atoms with Gasteiger partial charge >= 0.3 is 12.6 Å². The summed E-state index contributed by atoms with van der Waals surface area (Å²) in [4.78, 5) is 14.1. The number of carbonyl (C=O) groups excluding carboxylic acids is 1. The summed E-state index contributed by atoms with van der Waals surface area (Å²) in [7, 11) is 1.18. The van der Waals surface area contributed by atoms with E-state index in [4.69, 9.17) is 17.1 Å². The minimum Gasteiger partial charge on any atom is -0.466 e. The number of esters is 1. The van der Waals surface area contributed by atoms with E-state index in [2.05, 4.69) is 19.5 Å². The zero-order chi connectivity index (χ0) is 16.7. The SMILES string of the molecule is COC(=O)/C(=C\c1cc(C)c(OC(F)F)c(Cl)c1)CN=[N+]=[N-]. The van der Waals surface area contributed by atoms with Crippen molar-refractivity contribution in [1.29, 1.82) is 0 Å². The molecule has 22 heavy (non-hydrogen) atoms. The van der Waals surface area contributed by atoms with E-state index < -0.39 is 12.6 Å². The predicted molar refractivity (Wildman–Crippen MR) is 76.8 cm³/mol. The minimum atomic E-state index is -2.99. The Balaban J connectivity index is 3.21. The first-order valence-electron chi connectivity index (χ1n) is 5.93. The number of ether oxygens (including phenoxy) is 2. The monoisotopic (exact) mass is 331 g/mol. The number of benzene rings is 1. The molecule has 0 fully saturated rings. The Kier molecular flexibility index (Phi) is 6.62. The van der Waals surface area contributed by atoms with Crippen molar-refractivity contribution in [3.63, 3.8) is 0 Å². The van der Waals surface area contributed by atoms with Crippen molar-refractivity contribution in [2.24, 2.45) is 5.11 Å². The van der Waals surface area contributed by atoms with Crippen molar-refractivity contribution >= 4 is 23.6 Å². The van der Waals surface area contributed by atoms with Gasteiger partial charge in [0, 0.05) is 10.5 Å². The summed E-state index contributed by atoms with van der Waals surface area (Å²) in [6.45, 7) is -1.67. The summed E-state index contributed by atoms with van der Waals surface area (Å²) in [6.07, 6.45) is 1.39. The van der Waals surface area contributed by atoms with E-state index in [0.717, 1.165) is 0 Å². The van der Waals surface area contributed by atoms with E-state index >= 15 is 0 Å². The van der Waals surface area contributed by atoms with Gasteiger partial charge in [-0.3, -0.25) is 0 Å². The number of aryl methyl sites for hydroxylation is 1. The second kappa shape index (κ2) is 8.21. The highest BCUT2D eigenvalue weighted by molar-refractivity contribution is 6.32. The first-order chi connectivity index (χ1) is 10.4. The van der Waals surface area contributed by atoms with Crippen LogP contribution in [0.3, 0.4) is 0 Å². The molecule has 1 aromatic rings. The van der Waals surface area contributed by atoms with Crippen LogP contribution < -0.4 is 4.74 Å². The van der Waals surface area contributed by atoms with Gasteiger partial charge in [-0.15, -0.1) is 0 Å². The van der Waals surface area contributed by atoms with Gasteiger partial charge in [-0.05, 0) is 41.8 Å². The first-order valence-corrected chi connectivity index (χ1v) is 6.31. The fourth-order valence-electron chi connectivity index (χ4n) is 1.69. The Morgan fingerprint density at radius 3 is 2.73 bits per heavy atom. The number of nitrogens with zero attached hydrogens (tertiary/aromatic N) is 3. The van der Waals surface area contributed by atoms with Crippen LogP contribution in [-0.4, -0.2) is 26.2 Å². The molecule has 0 amide bonds. The molecule has 0 bridgehead atoms. The summed E-state index contributed by atoms with van der Waals surface area (Å²) in [6, 6.07) is 2.86. The lowest BCUT2D eigenvalue weighted by Crippen LogP contribution is -2.07. The molecule has 9 heteroatoms. The van der Waals surface area contributed by atoms with Crippen LogP contribution in [0.2, 0.25) is 5.02 Å². The Bertz CT molecular complexity index is 620. The van der Waals surface area contributed by atoms with Gasteiger partial charge in [-0.1, -0.05) is 16.7 Å². The van der Waals surface area contributed by atoms with Crippen molar-refractivity contribution in [2.75, 3.05) is 13.7 Å². The Morgan fingerprint density at radius 1 is 1.55 bits per heavy atom. The van der Waals surface area contributed by atoms with Crippen LogP contribution >= 0.6 is 11.6 Å². The first kappa shape index (κ1) is 17.7. The van der Waals surface area contributed by atoms with Gasteiger partial charge in [0.25, 0.3) is 0 Å². The minimum absolute atomic E-state index is 0.0282. The maximum atomic E-state index is 12.3. The molecule has 0 unspecified atom stereocenters. The average molecular weight is 332 g/mol. The normalized spacial score (nSPS) is 11.1. The zero-order valence-corrected chi connectivity index (χ0v) is 12.5. The lowest BCUT2D eigenvalue weighted by Gasteiger charge is -2.11. The van der Waals surface area contributed by atoms with Gasteiger partial charge in [0.15, 0.2) is 0 Å². The quantitative estimate of drug-likeness (QED) is 0.258. The lowest BCUT2D eigenvalue weighted by molar-refractivity contribution is -0.136. The molecule has 0 saturated heterocycles. The summed E-state index contributed by atoms with van der Waals surface area (Å²) >= 11 is 5.89. The molecule has 0 aliphatic heterocycles. The van der Waals surface area contributed by atoms with Crippen LogP contribution in [0.5, 0.6) is 5.75 Å². The molecule has 1 rings (SSSR count). The van der Waals surface area contributed by atoms with Crippen molar-refractivity contribution in [1.82, 2.24) is 0 Å². The van der Waals surface area contributed by atoms with Crippen LogP contribution in [-0.2, 0) is 9.53 Å². The fraction of sp³-hybridized carbons (Fsp3) is 0.308. The summed E-state index contributed by atoms with van der Waals surface area (Å²) in [5, 5.41) is 3.27. The number of hydrogen-bond donors (Lipinski definition) is 0. The molecule has 1 aromatic carbocycles. The van der Waals surface area contributed by atoms with Crippen molar-refractivity contribution in [2.45, 2.75) is 13.5 Å². The van der Waals surface area contributed by atoms with Gasteiger partial charge in [0.2, 0.25) is 0 Å². The molecule has 0 aromatic heterocycles. The van der Waals surface area contributed by atoms with Crippen LogP contribution in [0.1, 0.15) is 11.1 Å². The van der Waals surface area contributed by atoms with Gasteiger partial charge < -0.3 is 9.47 Å². The van der Waals surface area contributed by atoms with Crippen molar-refractivity contribution < 1.29 is 23.0 Å². The number of hydrogen-bond acceptors (Lipinski definition) is 4. The summed E-state index contributed by atoms with van der Waals surface area (Å²) < 4.78 is 33.5. The third kappa shape index (κ3) is 4.91. The molecule has 0 spiro atoms. The Labute approximate surface area is 129 Å². The summed E-state index contributed by atoms with van der Waals surface area (Å²) in [5.41, 5.74) is 9.23. The highest BCUT2D eigenvalue weighted by Gasteiger charge is 2.14. The molecule has 0 radical (unpaired) electrons. The van der Waals surface area contributed by atoms with Crippen molar-refractivity contribution in [3.05, 3.63) is 44.3 Å². The molecule has 0 heterocycles. The Morgan fingerprint density at radius 2 is 2.23 bits per heavy atom. The van der Waals surface area contributed by atoms with Crippen LogP contribution in [0, 0.1) is 6.92 Å². The zero-order valence-electron chi connectivity index (χ0n) is 11.7. The Hall–Kier alpha value is -2.31. The number of methoxy groups -OCH3 is 1. The highest BCUT2D eigenvalue weighted by atomic mass is 35.5. The fourth-order valence-corrected chi connectivity index (χ4v) is 2.01. The molecule has 0 aliphatic carbocycles. The lowest BCUT2D eigenvalue weighted by atomic mass is 10.1.